The molecular formula is C19H29IN4O4. The van der Waals surface area contributed by atoms with E-state index in [0.29, 0.717) is 48.8 Å². The zero-order valence-corrected chi connectivity index (χ0v) is 19.5. The SMILES string of the molecule is CCOc1c(OC)cc(CNC(=NC)NCc2nc(C)c(C)o2)cc1OC.I. The summed E-state index contributed by atoms with van der Waals surface area (Å²) in [5.74, 6) is 3.93. The van der Waals surface area contributed by atoms with Crippen LogP contribution < -0.4 is 24.8 Å². The molecule has 0 unspecified atom stereocenters. The Bertz CT molecular complexity index is 748. The van der Waals surface area contributed by atoms with E-state index in [2.05, 4.69) is 20.6 Å². The minimum absolute atomic E-state index is 0. The maximum absolute atomic E-state index is 5.63. The summed E-state index contributed by atoms with van der Waals surface area (Å²) in [6.45, 7) is 7.24. The molecule has 2 N–H and O–H groups in total. The summed E-state index contributed by atoms with van der Waals surface area (Å²) in [4.78, 5) is 8.57. The molecule has 0 atom stereocenters. The van der Waals surface area contributed by atoms with E-state index in [1.165, 1.54) is 0 Å². The Morgan fingerprint density at radius 1 is 1.11 bits per heavy atom. The number of aliphatic imine (C=N–C) groups is 1. The molecule has 0 saturated heterocycles. The van der Waals surface area contributed by atoms with Crippen molar-refractivity contribution in [2.24, 2.45) is 4.99 Å². The third kappa shape index (κ3) is 6.18. The first-order chi connectivity index (χ1) is 13.0. The molecule has 0 spiro atoms. The van der Waals surface area contributed by atoms with Gasteiger partial charge in [-0.25, -0.2) is 4.98 Å². The van der Waals surface area contributed by atoms with Crippen LogP contribution in [0.5, 0.6) is 17.2 Å². The van der Waals surface area contributed by atoms with Crippen molar-refractivity contribution in [3.05, 3.63) is 35.0 Å². The summed E-state index contributed by atoms with van der Waals surface area (Å²) in [6.07, 6.45) is 0. The first kappa shape index (κ1) is 23.9. The van der Waals surface area contributed by atoms with E-state index in [1.807, 2.05) is 32.9 Å². The van der Waals surface area contributed by atoms with Crippen LogP contribution in [-0.4, -0.2) is 38.8 Å². The molecule has 0 fully saturated rings. The predicted molar refractivity (Wildman–Crippen MR) is 119 cm³/mol. The van der Waals surface area contributed by atoms with Crippen molar-refractivity contribution in [1.82, 2.24) is 15.6 Å². The minimum Gasteiger partial charge on any atom is -0.493 e. The van der Waals surface area contributed by atoms with E-state index in [9.17, 15) is 0 Å². The standard InChI is InChI=1S/C19H28N4O4.HI/c1-7-26-18-15(24-5)8-14(9-16(18)25-6)10-21-19(20-4)22-11-17-23-12(2)13(3)27-17;/h8-9H,7,10-11H2,1-6H3,(H2,20,21,22);1H. The topological polar surface area (TPSA) is 90.1 Å². The van der Waals surface area contributed by atoms with Gasteiger partial charge >= 0.3 is 0 Å². The van der Waals surface area contributed by atoms with Crippen LogP contribution in [0.2, 0.25) is 0 Å². The van der Waals surface area contributed by atoms with Gasteiger partial charge in [0.1, 0.15) is 5.76 Å². The van der Waals surface area contributed by atoms with Crippen LogP contribution in [0.1, 0.15) is 29.8 Å². The number of oxazole rings is 1. The van der Waals surface area contributed by atoms with Crippen LogP contribution in [0.4, 0.5) is 0 Å². The van der Waals surface area contributed by atoms with Crippen molar-refractivity contribution < 1.29 is 18.6 Å². The summed E-state index contributed by atoms with van der Waals surface area (Å²) in [7, 11) is 4.92. The van der Waals surface area contributed by atoms with Gasteiger partial charge in [0.05, 0.1) is 33.1 Å². The largest absolute Gasteiger partial charge is 0.493 e. The van der Waals surface area contributed by atoms with Crippen molar-refractivity contribution in [2.45, 2.75) is 33.9 Å². The van der Waals surface area contributed by atoms with E-state index in [-0.39, 0.29) is 24.0 Å². The smallest absolute Gasteiger partial charge is 0.214 e. The normalized spacial score (nSPS) is 10.9. The number of halogens is 1. The predicted octanol–water partition coefficient (Wildman–Crippen LogP) is 3.19. The molecule has 0 amide bonds. The molecule has 1 aromatic heterocycles. The summed E-state index contributed by atoms with van der Waals surface area (Å²) >= 11 is 0. The second-order valence-electron chi connectivity index (χ2n) is 5.79. The maximum Gasteiger partial charge on any atom is 0.214 e. The molecule has 156 valence electrons. The summed E-state index contributed by atoms with van der Waals surface area (Å²) in [5, 5.41) is 6.43. The Morgan fingerprint density at radius 2 is 1.71 bits per heavy atom. The number of ether oxygens (including phenoxy) is 3. The Kier molecular flexibility index (Phi) is 9.91. The van der Waals surface area contributed by atoms with Gasteiger partial charge in [0.2, 0.25) is 11.6 Å². The maximum atomic E-state index is 5.63. The van der Waals surface area contributed by atoms with Crippen molar-refractivity contribution in [3.63, 3.8) is 0 Å². The Labute approximate surface area is 183 Å². The van der Waals surface area contributed by atoms with Crippen LogP contribution in [-0.2, 0) is 13.1 Å². The van der Waals surface area contributed by atoms with Crippen LogP contribution in [0.25, 0.3) is 0 Å². The molecule has 0 bridgehead atoms. The number of aryl methyl sites for hydroxylation is 2. The van der Waals surface area contributed by atoms with Gasteiger partial charge in [-0.05, 0) is 38.5 Å². The lowest BCUT2D eigenvalue weighted by Gasteiger charge is -2.16. The zero-order chi connectivity index (χ0) is 19.8. The summed E-state index contributed by atoms with van der Waals surface area (Å²) in [5.41, 5.74) is 1.86. The summed E-state index contributed by atoms with van der Waals surface area (Å²) < 4.78 is 22.1. The van der Waals surface area contributed by atoms with Gasteiger partial charge in [-0.15, -0.1) is 24.0 Å². The second-order valence-corrected chi connectivity index (χ2v) is 5.79. The third-order valence-electron chi connectivity index (χ3n) is 3.97. The average Bonchev–Trinajstić information content (AvgIpc) is 3.00. The number of benzene rings is 1. The molecule has 1 heterocycles. The molecule has 0 radical (unpaired) electrons. The molecule has 2 rings (SSSR count). The number of guanidine groups is 1. The van der Waals surface area contributed by atoms with Gasteiger partial charge in [-0.1, -0.05) is 0 Å². The van der Waals surface area contributed by atoms with E-state index >= 15 is 0 Å². The fraction of sp³-hybridized carbons (Fsp3) is 0.474. The number of hydrogen-bond donors (Lipinski definition) is 2. The van der Waals surface area contributed by atoms with Crippen molar-refractivity contribution >= 4 is 29.9 Å². The van der Waals surface area contributed by atoms with Gasteiger partial charge in [0.25, 0.3) is 0 Å². The Morgan fingerprint density at radius 3 is 2.18 bits per heavy atom. The number of nitrogens with zero attached hydrogens (tertiary/aromatic N) is 2. The Hall–Kier alpha value is -2.17. The minimum atomic E-state index is 0. The van der Waals surface area contributed by atoms with E-state index in [1.54, 1.807) is 21.3 Å². The van der Waals surface area contributed by atoms with Crippen molar-refractivity contribution in [3.8, 4) is 17.2 Å². The number of hydrogen-bond acceptors (Lipinski definition) is 6. The fourth-order valence-corrected chi connectivity index (χ4v) is 2.50. The van der Waals surface area contributed by atoms with Gasteiger partial charge in [-0.2, -0.15) is 0 Å². The highest BCUT2D eigenvalue weighted by Gasteiger charge is 2.14. The first-order valence-electron chi connectivity index (χ1n) is 8.77. The number of aromatic nitrogens is 1. The van der Waals surface area contributed by atoms with Crippen molar-refractivity contribution in [1.29, 1.82) is 0 Å². The van der Waals surface area contributed by atoms with Gasteiger partial charge in [0.15, 0.2) is 17.5 Å². The molecule has 0 aliphatic heterocycles. The molecule has 8 nitrogen and oxygen atoms in total. The zero-order valence-electron chi connectivity index (χ0n) is 17.2. The van der Waals surface area contributed by atoms with Crippen LogP contribution in [0.15, 0.2) is 21.5 Å². The van der Waals surface area contributed by atoms with E-state index in [4.69, 9.17) is 18.6 Å². The quantitative estimate of drug-likeness (QED) is 0.324. The molecular weight excluding hydrogens is 475 g/mol. The van der Waals surface area contributed by atoms with Crippen molar-refractivity contribution in [2.75, 3.05) is 27.9 Å². The van der Waals surface area contributed by atoms with Gasteiger partial charge in [-0.3, -0.25) is 4.99 Å². The lowest BCUT2D eigenvalue weighted by molar-refractivity contribution is 0.288. The van der Waals surface area contributed by atoms with Crippen LogP contribution >= 0.6 is 24.0 Å². The number of nitrogens with one attached hydrogen (secondary N) is 2. The summed E-state index contributed by atoms with van der Waals surface area (Å²) in [6, 6.07) is 3.82. The molecule has 1 aromatic carbocycles. The molecule has 28 heavy (non-hydrogen) atoms. The second kappa shape index (κ2) is 11.6. The molecule has 2 aromatic rings. The fourth-order valence-electron chi connectivity index (χ4n) is 2.50. The lowest BCUT2D eigenvalue weighted by atomic mass is 10.2. The van der Waals surface area contributed by atoms with Crippen LogP contribution in [0, 0.1) is 13.8 Å². The monoisotopic (exact) mass is 504 g/mol. The number of rotatable bonds is 8. The third-order valence-corrected chi connectivity index (χ3v) is 3.97. The van der Waals surface area contributed by atoms with Crippen LogP contribution in [0.3, 0.4) is 0 Å². The Balaban J connectivity index is 0.00000392. The van der Waals surface area contributed by atoms with Gasteiger partial charge in [0, 0.05) is 13.6 Å². The van der Waals surface area contributed by atoms with E-state index in [0.717, 1.165) is 17.0 Å². The highest BCUT2D eigenvalue weighted by atomic mass is 127. The lowest BCUT2D eigenvalue weighted by Crippen LogP contribution is -2.36. The molecule has 0 saturated carbocycles. The van der Waals surface area contributed by atoms with Gasteiger partial charge < -0.3 is 29.3 Å². The molecule has 0 aliphatic carbocycles. The highest BCUT2D eigenvalue weighted by molar-refractivity contribution is 14.0. The molecule has 9 heteroatoms. The molecule has 0 aliphatic rings. The first-order valence-corrected chi connectivity index (χ1v) is 8.77. The number of methoxy groups -OCH3 is 2. The highest BCUT2D eigenvalue weighted by Crippen LogP contribution is 2.38. The average molecular weight is 504 g/mol. The van der Waals surface area contributed by atoms with E-state index < -0.39 is 0 Å².